The molecule has 7 nitrogen and oxygen atoms in total. The maximum atomic E-state index is 12.5. The molecule has 1 aromatic heterocycles. The highest BCUT2D eigenvalue weighted by Crippen LogP contribution is 2.21. The average Bonchev–Trinajstić information content (AvgIpc) is 2.64. The molecule has 0 spiro atoms. The van der Waals surface area contributed by atoms with E-state index in [1.807, 2.05) is 4.57 Å². The summed E-state index contributed by atoms with van der Waals surface area (Å²) in [5.74, 6) is -1.20. The van der Waals surface area contributed by atoms with E-state index in [4.69, 9.17) is 0 Å². The van der Waals surface area contributed by atoms with Crippen LogP contribution in [0.4, 0.5) is 5.69 Å². The van der Waals surface area contributed by atoms with Crippen LogP contribution in [0.1, 0.15) is 55.8 Å². The SMILES string of the molecule is CCCCCCCCn1cc(C(=O)O)c(=O)c2ccc(N=NN(C)C)cc21. The van der Waals surface area contributed by atoms with Crippen LogP contribution in [0.2, 0.25) is 0 Å². The Kier molecular flexibility index (Phi) is 7.52. The summed E-state index contributed by atoms with van der Waals surface area (Å²) < 4.78 is 1.86. The van der Waals surface area contributed by atoms with Gasteiger partial charge in [-0.25, -0.2) is 4.79 Å². The summed E-state index contributed by atoms with van der Waals surface area (Å²) >= 11 is 0. The Morgan fingerprint density at radius 2 is 1.85 bits per heavy atom. The quantitative estimate of drug-likeness (QED) is 0.374. The minimum Gasteiger partial charge on any atom is -0.477 e. The highest BCUT2D eigenvalue weighted by Gasteiger charge is 2.14. The second-order valence-electron chi connectivity index (χ2n) is 6.88. The molecule has 0 aliphatic rings. The zero-order valence-electron chi connectivity index (χ0n) is 16.3. The topological polar surface area (TPSA) is 87.3 Å². The lowest BCUT2D eigenvalue weighted by molar-refractivity contribution is 0.0695. The third-order valence-electron chi connectivity index (χ3n) is 4.39. The molecule has 0 aliphatic carbocycles. The number of rotatable bonds is 10. The normalized spacial score (nSPS) is 11.4. The van der Waals surface area contributed by atoms with Gasteiger partial charge in [-0.2, -0.15) is 0 Å². The van der Waals surface area contributed by atoms with Gasteiger partial charge < -0.3 is 9.67 Å². The molecule has 2 aromatic rings. The number of carbonyl (C=O) groups is 1. The van der Waals surface area contributed by atoms with Gasteiger partial charge in [-0.05, 0) is 24.6 Å². The standard InChI is InChI=1S/C20H28N4O3/c1-4-5-6-7-8-9-12-24-14-17(20(26)27)19(25)16-11-10-15(13-18(16)24)21-22-23(2)3/h10-11,13-14H,4-9,12H2,1-3H3,(H,26,27). The maximum Gasteiger partial charge on any atom is 0.341 e. The first-order valence-electron chi connectivity index (χ1n) is 9.43. The van der Waals surface area contributed by atoms with E-state index in [1.165, 1.54) is 31.9 Å². The molecular formula is C20H28N4O3. The van der Waals surface area contributed by atoms with Crippen LogP contribution in [0.15, 0.2) is 39.5 Å². The average molecular weight is 372 g/mol. The Bertz CT molecular complexity index is 871. The Morgan fingerprint density at radius 3 is 2.52 bits per heavy atom. The number of aryl methyl sites for hydroxylation is 1. The third-order valence-corrected chi connectivity index (χ3v) is 4.39. The molecule has 1 aromatic carbocycles. The van der Waals surface area contributed by atoms with E-state index < -0.39 is 11.4 Å². The molecule has 1 N–H and O–H groups in total. The van der Waals surface area contributed by atoms with Crippen molar-refractivity contribution < 1.29 is 9.90 Å². The molecule has 0 bridgehead atoms. The highest BCUT2D eigenvalue weighted by molar-refractivity contribution is 5.93. The summed E-state index contributed by atoms with van der Waals surface area (Å²) in [6, 6.07) is 5.09. The van der Waals surface area contributed by atoms with E-state index in [0.717, 1.165) is 12.8 Å². The van der Waals surface area contributed by atoms with Crippen LogP contribution in [0.25, 0.3) is 10.9 Å². The van der Waals surface area contributed by atoms with Gasteiger partial charge in [0.25, 0.3) is 0 Å². The summed E-state index contributed by atoms with van der Waals surface area (Å²) in [5, 5.41) is 19.5. The number of hydrogen-bond donors (Lipinski definition) is 1. The number of carboxylic acid groups (broad SMARTS) is 1. The monoisotopic (exact) mass is 372 g/mol. The molecule has 7 heteroatoms. The second-order valence-corrected chi connectivity index (χ2v) is 6.88. The van der Waals surface area contributed by atoms with Crippen LogP contribution in [-0.2, 0) is 6.54 Å². The fourth-order valence-electron chi connectivity index (χ4n) is 2.98. The van der Waals surface area contributed by atoms with E-state index in [-0.39, 0.29) is 5.56 Å². The highest BCUT2D eigenvalue weighted by atomic mass is 16.4. The van der Waals surface area contributed by atoms with Crippen LogP contribution in [-0.4, -0.2) is 34.7 Å². The minimum absolute atomic E-state index is 0.198. The van der Waals surface area contributed by atoms with Gasteiger partial charge in [0, 0.05) is 32.2 Å². The molecule has 0 atom stereocenters. The van der Waals surface area contributed by atoms with Crippen molar-refractivity contribution in [2.24, 2.45) is 10.3 Å². The second kappa shape index (κ2) is 9.85. The van der Waals surface area contributed by atoms with Crippen molar-refractivity contribution in [2.75, 3.05) is 14.1 Å². The third kappa shape index (κ3) is 5.64. The molecule has 0 amide bonds. The van der Waals surface area contributed by atoms with Gasteiger partial charge in [0.15, 0.2) is 0 Å². The van der Waals surface area contributed by atoms with E-state index in [0.29, 0.717) is 23.1 Å². The number of fused-ring (bicyclic) bond motifs is 1. The predicted octanol–water partition coefficient (Wildman–Crippen LogP) is 4.62. The molecule has 0 saturated heterocycles. The molecule has 0 saturated carbocycles. The van der Waals surface area contributed by atoms with Crippen LogP contribution in [0.3, 0.4) is 0 Å². The number of carboxylic acids is 1. The van der Waals surface area contributed by atoms with Gasteiger partial charge in [0.2, 0.25) is 5.43 Å². The van der Waals surface area contributed by atoms with Crippen LogP contribution < -0.4 is 5.43 Å². The van der Waals surface area contributed by atoms with Crippen LogP contribution >= 0.6 is 0 Å². The lowest BCUT2D eigenvalue weighted by Crippen LogP contribution is -2.19. The lowest BCUT2D eigenvalue weighted by atomic mass is 10.1. The fourth-order valence-corrected chi connectivity index (χ4v) is 2.98. The Labute approximate surface area is 159 Å². The molecule has 0 fully saturated rings. The van der Waals surface area contributed by atoms with Crippen molar-refractivity contribution in [1.82, 2.24) is 9.58 Å². The van der Waals surface area contributed by atoms with Crippen molar-refractivity contribution in [1.29, 1.82) is 0 Å². The molecule has 0 unspecified atom stereocenters. The summed E-state index contributed by atoms with van der Waals surface area (Å²) in [6.07, 6.45) is 8.30. The van der Waals surface area contributed by atoms with Gasteiger partial charge in [-0.1, -0.05) is 44.3 Å². The number of aromatic nitrogens is 1. The van der Waals surface area contributed by atoms with Gasteiger partial charge in [0.05, 0.1) is 11.2 Å². The molecule has 0 radical (unpaired) electrons. The summed E-state index contributed by atoms with van der Waals surface area (Å²) in [5.41, 5.74) is 0.646. The Hall–Kier alpha value is -2.70. The number of hydrogen-bond acceptors (Lipinski definition) is 4. The first-order valence-corrected chi connectivity index (χ1v) is 9.43. The molecule has 27 heavy (non-hydrogen) atoms. The molecule has 0 aliphatic heterocycles. The molecule has 2 rings (SSSR count). The fraction of sp³-hybridized carbons (Fsp3) is 0.500. The number of pyridine rings is 1. The minimum atomic E-state index is -1.20. The predicted molar refractivity (Wildman–Crippen MR) is 107 cm³/mol. The molecule has 146 valence electrons. The van der Waals surface area contributed by atoms with Gasteiger partial charge in [-0.15, -0.1) is 5.11 Å². The van der Waals surface area contributed by atoms with E-state index in [9.17, 15) is 14.7 Å². The maximum absolute atomic E-state index is 12.5. The van der Waals surface area contributed by atoms with Gasteiger partial charge in [0.1, 0.15) is 5.56 Å². The summed E-state index contributed by atoms with van der Waals surface area (Å²) in [6.45, 7) is 2.85. The number of nitrogens with zero attached hydrogens (tertiary/aromatic N) is 4. The summed E-state index contributed by atoms with van der Waals surface area (Å²) in [7, 11) is 3.55. The summed E-state index contributed by atoms with van der Waals surface area (Å²) in [4.78, 5) is 23.9. The van der Waals surface area contributed by atoms with Crippen LogP contribution in [0, 0.1) is 0 Å². The lowest BCUT2D eigenvalue weighted by Gasteiger charge is -2.13. The van der Waals surface area contributed by atoms with Gasteiger partial charge in [-0.3, -0.25) is 9.80 Å². The van der Waals surface area contributed by atoms with E-state index in [2.05, 4.69) is 17.3 Å². The molecule has 1 heterocycles. The van der Waals surface area contributed by atoms with Crippen molar-refractivity contribution >= 4 is 22.6 Å². The smallest absolute Gasteiger partial charge is 0.341 e. The van der Waals surface area contributed by atoms with Crippen molar-refractivity contribution in [3.63, 3.8) is 0 Å². The zero-order valence-corrected chi connectivity index (χ0v) is 16.3. The largest absolute Gasteiger partial charge is 0.477 e. The van der Waals surface area contributed by atoms with Gasteiger partial charge >= 0.3 is 5.97 Å². The van der Waals surface area contributed by atoms with E-state index >= 15 is 0 Å². The first-order chi connectivity index (χ1) is 12.9. The van der Waals surface area contributed by atoms with E-state index in [1.54, 1.807) is 37.3 Å². The number of benzene rings is 1. The van der Waals surface area contributed by atoms with Crippen molar-refractivity contribution in [3.05, 3.63) is 40.2 Å². The molecular weight excluding hydrogens is 344 g/mol. The first kappa shape index (κ1) is 20.6. The van der Waals surface area contributed by atoms with Crippen LogP contribution in [0.5, 0.6) is 0 Å². The van der Waals surface area contributed by atoms with Crippen molar-refractivity contribution in [2.45, 2.75) is 52.0 Å². The van der Waals surface area contributed by atoms with Crippen molar-refractivity contribution in [3.8, 4) is 0 Å². The number of aromatic carboxylic acids is 1. The Morgan fingerprint density at radius 1 is 1.15 bits per heavy atom. The Balaban J connectivity index is 2.35. The number of unbranched alkanes of at least 4 members (excludes halogenated alkanes) is 5. The zero-order chi connectivity index (χ0) is 19.8.